The van der Waals surface area contributed by atoms with Crippen molar-refractivity contribution in [2.24, 2.45) is 0 Å². The largest absolute Gasteiger partial charge is 0.401 e. The molecule has 2 fully saturated rings. The van der Waals surface area contributed by atoms with Crippen molar-refractivity contribution < 1.29 is 18.3 Å². The van der Waals surface area contributed by atoms with Gasteiger partial charge < -0.3 is 15.3 Å². The maximum absolute atomic E-state index is 12.4. The second-order valence-electron chi connectivity index (χ2n) is 6.41. The fourth-order valence-corrected chi connectivity index (χ4v) is 3.47. The number of nitrogens with zero attached hydrogens (tertiary/aromatic N) is 4. The Morgan fingerprint density at radius 2 is 2.08 bits per heavy atom. The Bertz CT molecular complexity index is 556. The zero-order valence-electron chi connectivity index (χ0n) is 13.3. The Kier molecular flexibility index (Phi) is 5.09. The molecule has 0 spiro atoms. The van der Waals surface area contributed by atoms with E-state index in [0.29, 0.717) is 25.3 Å². The van der Waals surface area contributed by atoms with E-state index < -0.39 is 12.7 Å². The Morgan fingerprint density at radius 3 is 2.83 bits per heavy atom. The molecule has 2 aliphatic rings. The molecule has 0 saturated carbocycles. The fourth-order valence-electron chi connectivity index (χ4n) is 3.47. The highest BCUT2D eigenvalue weighted by molar-refractivity contribution is 5.50. The minimum Gasteiger partial charge on any atom is -0.394 e. The Hall–Kier alpha value is -1.61. The number of nitrogens with one attached hydrogen (secondary N) is 1. The highest BCUT2D eigenvalue weighted by Crippen LogP contribution is 2.26. The van der Waals surface area contributed by atoms with E-state index in [1.807, 2.05) is 0 Å². The zero-order valence-corrected chi connectivity index (χ0v) is 13.3. The number of rotatable bonds is 5. The van der Waals surface area contributed by atoms with E-state index >= 15 is 0 Å². The van der Waals surface area contributed by atoms with Gasteiger partial charge in [0.05, 0.1) is 19.2 Å². The van der Waals surface area contributed by atoms with Gasteiger partial charge in [-0.1, -0.05) is 0 Å². The first-order valence-corrected chi connectivity index (χ1v) is 8.20. The van der Waals surface area contributed by atoms with Crippen molar-refractivity contribution in [3.05, 3.63) is 12.4 Å². The number of alkyl halides is 3. The molecule has 9 heteroatoms. The van der Waals surface area contributed by atoms with Gasteiger partial charge in [0.1, 0.15) is 18.0 Å². The van der Waals surface area contributed by atoms with Crippen LogP contribution < -0.4 is 10.2 Å². The van der Waals surface area contributed by atoms with Crippen LogP contribution in [0.2, 0.25) is 0 Å². The summed E-state index contributed by atoms with van der Waals surface area (Å²) in [5, 5.41) is 12.6. The number of halogens is 3. The van der Waals surface area contributed by atoms with Crippen LogP contribution in [-0.2, 0) is 0 Å². The lowest BCUT2D eigenvalue weighted by Crippen LogP contribution is -2.34. The van der Waals surface area contributed by atoms with Gasteiger partial charge in [0, 0.05) is 31.7 Å². The quantitative estimate of drug-likeness (QED) is 0.843. The third-order valence-corrected chi connectivity index (χ3v) is 4.56. The monoisotopic (exact) mass is 345 g/mol. The average molecular weight is 345 g/mol. The molecule has 1 aromatic rings. The third kappa shape index (κ3) is 4.27. The molecule has 24 heavy (non-hydrogen) atoms. The standard InChI is InChI=1S/C15H22F3N5O/c16-15(17,18)9-22-5-3-11(7-22)21-13-6-14(20-10-19-13)23-4-1-2-12(23)8-24/h6,10-12,24H,1-5,7-9H2,(H,19,20,21)/t11-,12+/m0/s1. The molecule has 0 bridgehead atoms. The van der Waals surface area contributed by atoms with Gasteiger partial charge in [0.25, 0.3) is 0 Å². The fraction of sp³-hybridized carbons (Fsp3) is 0.733. The lowest BCUT2D eigenvalue weighted by Gasteiger charge is -2.24. The first kappa shape index (κ1) is 17.2. The second kappa shape index (κ2) is 7.10. The second-order valence-corrected chi connectivity index (χ2v) is 6.41. The van der Waals surface area contributed by atoms with Gasteiger partial charge in [0.15, 0.2) is 0 Å². The normalized spacial score (nSPS) is 25.4. The Morgan fingerprint density at radius 1 is 1.25 bits per heavy atom. The summed E-state index contributed by atoms with van der Waals surface area (Å²) in [6, 6.07) is 1.82. The van der Waals surface area contributed by atoms with E-state index in [4.69, 9.17) is 0 Å². The summed E-state index contributed by atoms with van der Waals surface area (Å²) >= 11 is 0. The van der Waals surface area contributed by atoms with Crippen molar-refractivity contribution in [1.82, 2.24) is 14.9 Å². The maximum Gasteiger partial charge on any atom is 0.401 e. The van der Waals surface area contributed by atoms with Crippen LogP contribution in [0, 0.1) is 0 Å². The molecule has 0 radical (unpaired) electrons. The Labute approximate surface area is 138 Å². The molecule has 134 valence electrons. The van der Waals surface area contributed by atoms with Gasteiger partial charge in [-0.25, -0.2) is 9.97 Å². The minimum atomic E-state index is -4.16. The number of aliphatic hydroxyl groups is 1. The van der Waals surface area contributed by atoms with Crippen molar-refractivity contribution in [3.63, 3.8) is 0 Å². The van der Waals surface area contributed by atoms with Crippen LogP contribution in [-0.4, -0.2) is 71.0 Å². The van der Waals surface area contributed by atoms with Crippen LogP contribution in [0.5, 0.6) is 0 Å². The predicted octanol–water partition coefficient (Wildman–Crippen LogP) is 1.49. The van der Waals surface area contributed by atoms with Crippen LogP contribution in [0.3, 0.4) is 0 Å². The first-order valence-electron chi connectivity index (χ1n) is 8.20. The number of hydrogen-bond donors (Lipinski definition) is 2. The van der Waals surface area contributed by atoms with Crippen molar-refractivity contribution in [2.45, 2.75) is 37.5 Å². The van der Waals surface area contributed by atoms with Crippen LogP contribution in [0.1, 0.15) is 19.3 Å². The third-order valence-electron chi connectivity index (χ3n) is 4.56. The Balaban J connectivity index is 1.59. The molecular formula is C15H22F3N5O. The van der Waals surface area contributed by atoms with Gasteiger partial charge >= 0.3 is 6.18 Å². The summed E-state index contributed by atoms with van der Waals surface area (Å²) in [5.74, 6) is 1.36. The van der Waals surface area contributed by atoms with E-state index in [1.54, 1.807) is 6.07 Å². The van der Waals surface area contributed by atoms with E-state index in [2.05, 4.69) is 20.2 Å². The van der Waals surface area contributed by atoms with Crippen LogP contribution in [0.15, 0.2) is 12.4 Å². The molecule has 2 saturated heterocycles. The van der Waals surface area contributed by atoms with Crippen molar-refractivity contribution in [2.75, 3.05) is 43.0 Å². The molecule has 3 rings (SSSR count). The van der Waals surface area contributed by atoms with E-state index in [-0.39, 0.29) is 18.7 Å². The summed E-state index contributed by atoms with van der Waals surface area (Å²) in [5.41, 5.74) is 0. The highest BCUT2D eigenvalue weighted by Gasteiger charge is 2.34. The number of aromatic nitrogens is 2. The topological polar surface area (TPSA) is 64.5 Å². The van der Waals surface area contributed by atoms with Crippen LogP contribution in [0.4, 0.5) is 24.8 Å². The lowest BCUT2D eigenvalue weighted by molar-refractivity contribution is -0.143. The van der Waals surface area contributed by atoms with Gasteiger partial charge in [-0.3, -0.25) is 4.90 Å². The van der Waals surface area contributed by atoms with Crippen LogP contribution >= 0.6 is 0 Å². The molecule has 6 nitrogen and oxygen atoms in total. The van der Waals surface area contributed by atoms with Gasteiger partial charge in [-0.15, -0.1) is 0 Å². The molecular weight excluding hydrogens is 323 g/mol. The first-order chi connectivity index (χ1) is 11.4. The smallest absolute Gasteiger partial charge is 0.394 e. The molecule has 2 N–H and O–H groups in total. The van der Waals surface area contributed by atoms with Crippen molar-refractivity contribution >= 4 is 11.6 Å². The number of likely N-dealkylation sites (tertiary alicyclic amines) is 1. The molecule has 1 aromatic heterocycles. The maximum atomic E-state index is 12.4. The van der Waals surface area contributed by atoms with Crippen LogP contribution in [0.25, 0.3) is 0 Å². The van der Waals surface area contributed by atoms with E-state index in [1.165, 1.54) is 11.2 Å². The highest BCUT2D eigenvalue weighted by atomic mass is 19.4. The lowest BCUT2D eigenvalue weighted by atomic mass is 10.2. The summed E-state index contributed by atoms with van der Waals surface area (Å²) < 4.78 is 37.3. The summed E-state index contributed by atoms with van der Waals surface area (Å²) in [7, 11) is 0. The van der Waals surface area contributed by atoms with Gasteiger partial charge in [-0.2, -0.15) is 13.2 Å². The van der Waals surface area contributed by atoms with E-state index in [9.17, 15) is 18.3 Å². The number of aliphatic hydroxyl groups excluding tert-OH is 1. The number of anilines is 2. The van der Waals surface area contributed by atoms with Gasteiger partial charge in [-0.05, 0) is 19.3 Å². The molecule has 0 aliphatic carbocycles. The van der Waals surface area contributed by atoms with Crippen molar-refractivity contribution in [1.29, 1.82) is 0 Å². The van der Waals surface area contributed by atoms with Gasteiger partial charge in [0.2, 0.25) is 0 Å². The summed E-state index contributed by atoms with van der Waals surface area (Å²) in [6.45, 7) is 0.827. The summed E-state index contributed by atoms with van der Waals surface area (Å²) in [4.78, 5) is 11.9. The van der Waals surface area contributed by atoms with E-state index in [0.717, 1.165) is 25.2 Å². The number of hydrogen-bond acceptors (Lipinski definition) is 6. The zero-order chi connectivity index (χ0) is 17.2. The molecule has 0 aromatic carbocycles. The minimum absolute atomic E-state index is 0.0534. The molecule has 0 amide bonds. The molecule has 2 aliphatic heterocycles. The predicted molar refractivity (Wildman–Crippen MR) is 84.0 cm³/mol. The van der Waals surface area contributed by atoms with Crippen molar-refractivity contribution in [3.8, 4) is 0 Å². The SMILES string of the molecule is OC[C@H]1CCCN1c1cc(N[C@H]2CCN(CC(F)(F)F)C2)ncn1. The molecule has 3 heterocycles. The summed E-state index contributed by atoms with van der Waals surface area (Å²) in [6.07, 6.45) is -0.122. The molecule has 0 unspecified atom stereocenters. The molecule has 2 atom stereocenters. The average Bonchev–Trinajstić information content (AvgIpc) is 3.15.